The van der Waals surface area contributed by atoms with Gasteiger partial charge in [0, 0.05) is 0 Å². The minimum Gasteiger partial charge on any atom is -0.330 e. The second-order valence-corrected chi connectivity index (χ2v) is 3.45. The summed E-state index contributed by atoms with van der Waals surface area (Å²) in [5.41, 5.74) is 5.34. The summed E-state index contributed by atoms with van der Waals surface area (Å²) in [6.07, 6.45) is 2.40. The summed E-state index contributed by atoms with van der Waals surface area (Å²) in [4.78, 5) is 0. The van der Waals surface area contributed by atoms with Gasteiger partial charge in [-0.2, -0.15) is 0 Å². The van der Waals surface area contributed by atoms with Crippen molar-refractivity contribution in [1.82, 2.24) is 0 Å². The number of hydrogen-bond donors (Lipinski definition) is 1. The van der Waals surface area contributed by atoms with E-state index >= 15 is 0 Å². The van der Waals surface area contributed by atoms with Gasteiger partial charge in [0.25, 0.3) is 0 Å². The lowest BCUT2D eigenvalue weighted by atomic mass is 9.41. The fourth-order valence-electron chi connectivity index (χ4n) is 0.632. The van der Waals surface area contributed by atoms with E-state index in [0.29, 0.717) is 5.11 Å². The third-order valence-electron chi connectivity index (χ3n) is 1.13. The van der Waals surface area contributed by atoms with Crippen LogP contribution in [0.25, 0.3) is 0 Å². The molecule has 0 aliphatic rings. The van der Waals surface area contributed by atoms with Gasteiger partial charge >= 0.3 is 0 Å². The number of rotatable bonds is 3. The normalized spacial score (nSPS) is 11.6. The predicted octanol–water partition coefficient (Wildman–Crippen LogP) is -2.30. The summed E-state index contributed by atoms with van der Waals surface area (Å²) in [7, 11) is 6.72. The molecule has 0 aromatic carbocycles. The Kier molecular flexibility index (Phi) is 3.30. The van der Waals surface area contributed by atoms with Crippen LogP contribution in [0.4, 0.5) is 0 Å². The van der Waals surface area contributed by atoms with Crippen LogP contribution in [0.15, 0.2) is 0 Å². The molecule has 0 bridgehead atoms. The van der Waals surface area contributed by atoms with Crippen molar-refractivity contribution in [3.05, 3.63) is 0 Å². The Bertz CT molecular complexity index is 58.8. The Balaban J connectivity index is 3.11. The van der Waals surface area contributed by atoms with Crippen LogP contribution in [0, 0.1) is 0 Å². The minimum atomic E-state index is 0.472. The van der Waals surface area contributed by atoms with E-state index in [1.807, 2.05) is 0 Å². The first kappa shape index (κ1) is 8.15. The molecule has 0 heterocycles. The largest absolute Gasteiger partial charge is 0.330 e. The van der Waals surface area contributed by atoms with E-state index in [-0.39, 0.29) is 0 Å². The quantitative estimate of drug-likeness (QED) is 0.405. The number of hydrogen-bond acceptors (Lipinski definition) is 1. The standard InChI is InChI=1S/C4H14B3N/c5-4(6,7)2-1-3-8/h1-3,5-8H2. The van der Waals surface area contributed by atoms with Crippen LogP contribution in [0.3, 0.4) is 0 Å². The van der Waals surface area contributed by atoms with Crippen LogP contribution in [0.5, 0.6) is 0 Å². The fraction of sp³-hybridized carbons (Fsp3) is 1.00. The molecular weight excluding hydrogens is 94.5 g/mol. The predicted molar refractivity (Wildman–Crippen MR) is 46.6 cm³/mol. The molecule has 0 spiro atoms. The summed E-state index contributed by atoms with van der Waals surface area (Å²) in [5, 5.41) is 0.472. The van der Waals surface area contributed by atoms with Crippen LogP contribution in [-0.4, -0.2) is 30.1 Å². The van der Waals surface area contributed by atoms with Gasteiger partial charge in [-0.25, -0.2) is 0 Å². The molecular formula is C4H14B3N. The Morgan fingerprint density at radius 3 is 1.88 bits per heavy atom. The Hall–Kier alpha value is 0.155. The molecule has 2 N–H and O–H groups in total. The zero-order valence-corrected chi connectivity index (χ0v) is 6.20. The molecule has 0 radical (unpaired) electrons. The maximum absolute atomic E-state index is 5.34. The molecule has 0 unspecified atom stereocenters. The fourth-order valence-corrected chi connectivity index (χ4v) is 0.632. The highest BCUT2D eigenvalue weighted by atomic mass is 14.5. The molecule has 0 atom stereocenters. The summed E-state index contributed by atoms with van der Waals surface area (Å²) in [6.45, 7) is 0.831. The summed E-state index contributed by atoms with van der Waals surface area (Å²) < 4.78 is 0. The monoisotopic (exact) mass is 109 g/mol. The Labute approximate surface area is 54.6 Å². The average molecular weight is 109 g/mol. The molecule has 44 valence electrons. The highest BCUT2D eigenvalue weighted by Crippen LogP contribution is 2.15. The first-order valence-electron chi connectivity index (χ1n) is 3.26. The zero-order valence-electron chi connectivity index (χ0n) is 6.20. The number of nitrogens with two attached hydrogens (primary N) is 1. The van der Waals surface area contributed by atoms with Crippen molar-refractivity contribution in [2.24, 2.45) is 5.73 Å². The van der Waals surface area contributed by atoms with Gasteiger partial charge in [0.15, 0.2) is 0 Å². The highest BCUT2D eigenvalue weighted by Gasteiger charge is 2.08. The maximum Gasteiger partial charge on any atom is 0.0908 e. The lowest BCUT2D eigenvalue weighted by molar-refractivity contribution is 0.756. The summed E-state index contributed by atoms with van der Waals surface area (Å²) in [6, 6.07) is 0. The molecule has 8 heavy (non-hydrogen) atoms. The highest BCUT2D eigenvalue weighted by molar-refractivity contribution is 6.58. The van der Waals surface area contributed by atoms with Gasteiger partial charge in [-0.05, 0) is 13.0 Å². The SMILES string of the molecule is BC(B)(B)CCCN. The smallest absolute Gasteiger partial charge is 0.0908 e. The minimum absolute atomic E-state index is 0.472. The lowest BCUT2D eigenvalue weighted by Gasteiger charge is -2.15. The van der Waals surface area contributed by atoms with E-state index in [9.17, 15) is 0 Å². The van der Waals surface area contributed by atoms with Crippen molar-refractivity contribution in [3.8, 4) is 0 Å². The summed E-state index contributed by atoms with van der Waals surface area (Å²) >= 11 is 0. The molecule has 0 aliphatic heterocycles. The van der Waals surface area contributed by atoms with Gasteiger partial charge in [-0.15, -0.1) is 5.11 Å². The molecule has 0 aromatic rings. The topological polar surface area (TPSA) is 26.0 Å². The molecule has 1 nitrogen and oxygen atoms in total. The maximum atomic E-state index is 5.34. The van der Waals surface area contributed by atoms with Gasteiger partial charge in [0.2, 0.25) is 0 Å². The van der Waals surface area contributed by atoms with Crippen molar-refractivity contribution in [2.75, 3.05) is 6.54 Å². The Morgan fingerprint density at radius 2 is 1.75 bits per heavy atom. The third kappa shape index (κ3) is 6.15. The van der Waals surface area contributed by atoms with Crippen LogP contribution >= 0.6 is 0 Å². The van der Waals surface area contributed by atoms with Crippen molar-refractivity contribution in [1.29, 1.82) is 0 Å². The van der Waals surface area contributed by atoms with E-state index in [4.69, 9.17) is 5.73 Å². The van der Waals surface area contributed by atoms with E-state index in [0.717, 1.165) is 13.0 Å². The first-order valence-corrected chi connectivity index (χ1v) is 3.26. The van der Waals surface area contributed by atoms with Crippen molar-refractivity contribution in [2.45, 2.75) is 18.0 Å². The molecule has 0 aromatic heterocycles. The van der Waals surface area contributed by atoms with Crippen LogP contribution < -0.4 is 5.73 Å². The molecule has 0 saturated carbocycles. The van der Waals surface area contributed by atoms with Crippen molar-refractivity contribution < 1.29 is 0 Å². The van der Waals surface area contributed by atoms with Crippen LogP contribution in [0.2, 0.25) is 5.11 Å². The molecule has 0 amide bonds. The van der Waals surface area contributed by atoms with Gasteiger partial charge < -0.3 is 5.73 Å². The molecule has 0 aliphatic carbocycles. The second-order valence-electron chi connectivity index (χ2n) is 3.45. The van der Waals surface area contributed by atoms with Gasteiger partial charge in [-0.3, -0.25) is 0 Å². The molecule has 4 heteroatoms. The molecule has 0 saturated heterocycles. The zero-order chi connectivity index (χ0) is 6.62. The second kappa shape index (κ2) is 3.23. The van der Waals surface area contributed by atoms with E-state index in [2.05, 4.69) is 23.5 Å². The van der Waals surface area contributed by atoms with Crippen molar-refractivity contribution >= 4 is 23.5 Å². The van der Waals surface area contributed by atoms with Crippen molar-refractivity contribution in [3.63, 3.8) is 0 Å². The third-order valence-corrected chi connectivity index (χ3v) is 1.13. The van der Waals surface area contributed by atoms with Gasteiger partial charge in [0.05, 0.1) is 23.5 Å². The lowest BCUT2D eigenvalue weighted by Crippen LogP contribution is -2.14. The van der Waals surface area contributed by atoms with E-state index in [1.54, 1.807) is 0 Å². The van der Waals surface area contributed by atoms with Gasteiger partial charge in [-0.1, -0.05) is 6.42 Å². The Morgan fingerprint density at radius 1 is 1.25 bits per heavy atom. The molecule has 0 rings (SSSR count). The van der Waals surface area contributed by atoms with Gasteiger partial charge in [0.1, 0.15) is 0 Å². The first-order chi connectivity index (χ1) is 3.56. The van der Waals surface area contributed by atoms with E-state index in [1.165, 1.54) is 6.42 Å². The van der Waals surface area contributed by atoms with Crippen LogP contribution in [0.1, 0.15) is 12.8 Å². The van der Waals surface area contributed by atoms with Crippen LogP contribution in [-0.2, 0) is 0 Å². The molecule has 0 fully saturated rings. The summed E-state index contributed by atoms with van der Waals surface area (Å²) in [5.74, 6) is 0. The van der Waals surface area contributed by atoms with E-state index < -0.39 is 0 Å². The average Bonchev–Trinajstić information content (AvgIpc) is 1.59.